The lowest BCUT2D eigenvalue weighted by Gasteiger charge is -2.19. The molecule has 4 nitrogen and oxygen atoms in total. The van der Waals surface area contributed by atoms with Gasteiger partial charge in [0, 0.05) is 16.7 Å². The van der Waals surface area contributed by atoms with Crippen LogP contribution in [-0.2, 0) is 9.53 Å². The van der Waals surface area contributed by atoms with Crippen LogP contribution in [0.15, 0.2) is 48.5 Å². The summed E-state index contributed by atoms with van der Waals surface area (Å²) in [6.45, 7) is 5.74. The summed E-state index contributed by atoms with van der Waals surface area (Å²) < 4.78 is 4.74. The molecule has 4 heteroatoms. The molecular formula is C22H23NO3. The Kier molecular flexibility index (Phi) is 6.57. The molecule has 2 aromatic carbocycles. The highest BCUT2D eigenvalue weighted by molar-refractivity contribution is 5.96. The van der Waals surface area contributed by atoms with Crippen molar-refractivity contribution in [3.8, 4) is 11.8 Å². The first-order valence-corrected chi connectivity index (χ1v) is 8.48. The normalized spacial score (nSPS) is 11.3. The van der Waals surface area contributed by atoms with Crippen molar-refractivity contribution in [3.63, 3.8) is 0 Å². The van der Waals surface area contributed by atoms with Crippen LogP contribution in [0.5, 0.6) is 0 Å². The van der Waals surface area contributed by atoms with Crippen molar-refractivity contribution in [1.29, 1.82) is 0 Å². The molecule has 0 saturated carbocycles. The maximum Gasteiger partial charge on any atom is 0.328 e. The van der Waals surface area contributed by atoms with Gasteiger partial charge >= 0.3 is 5.97 Å². The Hall–Kier alpha value is -3.06. The number of aryl methyl sites for hydroxylation is 1. The van der Waals surface area contributed by atoms with Crippen molar-refractivity contribution in [2.75, 3.05) is 7.11 Å². The van der Waals surface area contributed by atoms with Gasteiger partial charge in [0.1, 0.15) is 6.04 Å². The highest BCUT2D eigenvalue weighted by Crippen LogP contribution is 2.08. The summed E-state index contributed by atoms with van der Waals surface area (Å²) in [5, 5.41) is 2.72. The summed E-state index contributed by atoms with van der Waals surface area (Å²) in [5.41, 5.74) is 3.42. The minimum Gasteiger partial charge on any atom is -0.467 e. The van der Waals surface area contributed by atoms with Gasteiger partial charge in [0.25, 0.3) is 5.91 Å². The summed E-state index contributed by atoms with van der Waals surface area (Å²) in [6, 6.07) is 14.3. The zero-order valence-electron chi connectivity index (χ0n) is 15.5. The van der Waals surface area contributed by atoms with Crippen molar-refractivity contribution in [1.82, 2.24) is 5.32 Å². The number of esters is 1. The standard InChI is InChI=1S/C22H23NO3/c1-15(2)20(22(25)26-4)23-21(24)19-13-11-18(12-14-19)10-9-17-7-5-16(3)6-8-17/h5-8,11-15,20H,1-4H3,(H,23,24)/t20-/m0/s1. The molecular weight excluding hydrogens is 326 g/mol. The number of rotatable bonds is 4. The summed E-state index contributed by atoms with van der Waals surface area (Å²) in [6.07, 6.45) is 0. The first-order chi connectivity index (χ1) is 12.4. The first-order valence-electron chi connectivity index (χ1n) is 8.48. The Morgan fingerprint density at radius 1 is 0.923 bits per heavy atom. The Labute approximate surface area is 154 Å². The smallest absolute Gasteiger partial charge is 0.328 e. The molecule has 0 fully saturated rings. The quantitative estimate of drug-likeness (QED) is 0.680. The number of methoxy groups -OCH3 is 1. The number of carbonyl (C=O) groups is 2. The molecule has 0 unspecified atom stereocenters. The van der Waals surface area contributed by atoms with E-state index in [4.69, 9.17) is 4.74 Å². The number of carbonyl (C=O) groups excluding carboxylic acids is 2. The Balaban J connectivity index is 2.08. The lowest BCUT2D eigenvalue weighted by molar-refractivity contribution is -0.144. The van der Waals surface area contributed by atoms with Crippen LogP contribution in [0.4, 0.5) is 0 Å². The molecule has 1 N–H and O–H groups in total. The monoisotopic (exact) mass is 349 g/mol. The average Bonchev–Trinajstić information content (AvgIpc) is 2.65. The number of nitrogens with one attached hydrogen (secondary N) is 1. The van der Waals surface area contributed by atoms with Gasteiger partial charge in [-0.05, 0) is 49.2 Å². The second kappa shape index (κ2) is 8.87. The van der Waals surface area contributed by atoms with Crippen LogP contribution in [0, 0.1) is 24.7 Å². The van der Waals surface area contributed by atoms with Crippen LogP contribution in [0.1, 0.15) is 40.9 Å². The molecule has 0 spiro atoms. The SMILES string of the molecule is COC(=O)[C@@H](NC(=O)c1ccc(C#Cc2ccc(C)cc2)cc1)C(C)C. The third-order valence-corrected chi connectivity index (χ3v) is 3.96. The molecule has 0 aliphatic rings. The van der Waals surface area contributed by atoms with E-state index in [1.165, 1.54) is 12.7 Å². The van der Waals surface area contributed by atoms with Crippen molar-refractivity contribution in [2.24, 2.45) is 5.92 Å². The van der Waals surface area contributed by atoms with Crippen LogP contribution in [0.3, 0.4) is 0 Å². The molecule has 1 atom stereocenters. The first kappa shape index (κ1) is 19.3. The van der Waals surface area contributed by atoms with Crippen LogP contribution in [0.2, 0.25) is 0 Å². The molecule has 2 aromatic rings. The number of ether oxygens (including phenoxy) is 1. The predicted molar refractivity (Wildman–Crippen MR) is 102 cm³/mol. The molecule has 0 aliphatic carbocycles. The van der Waals surface area contributed by atoms with E-state index in [0.717, 1.165) is 11.1 Å². The van der Waals surface area contributed by atoms with Crippen LogP contribution < -0.4 is 5.32 Å². The number of hydrogen-bond acceptors (Lipinski definition) is 3. The highest BCUT2D eigenvalue weighted by atomic mass is 16.5. The van der Waals surface area contributed by atoms with Gasteiger partial charge in [-0.15, -0.1) is 0 Å². The van der Waals surface area contributed by atoms with E-state index in [1.54, 1.807) is 24.3 Å². The van der Waals surface area contributed by atoms with Gasteiger partial charge in [0.15, 0.2) is 0 Å². The minimum absolute atomic E-state index is 0.0638. The van der Waals surface area contributed by atoms with E-state index < -0.39 is 12.0 Å². The number of amides is 1. The molecule has 0 saturated heterocycles. The van der Waals surface area contributed by atoms with Crippen LogP contribution in [-0.4, -0.2) is 25.0 Å². The molecule has 2 rings (SSSR count). The van der Waals surface area contributed by atoms with Gasteiger partial charge in [-0.2, -0.15) is 0 Å². The van der Waals surface area contributed by atoms with E-state index in [-0.39, 0.29) is 11.8 Å². The van der Waals surface area contributed by atoms with E-state index in [9.17, 15) is 9.59 Å². The Morgan fingerprint density at radius 2 is 1.42 bits per heavy atom. The molecule has 0 heterocycles. The van der Waals surface area contributed by atoms with E-state index in [0.29, 0.717) is 5.56 Å². The molecule has 0 radical (unpaired) electrons. The van der Waals surface area contributed by atoms with Crippen molar-refractivity contribution >= 4 is 11.9 Å². The lowest BCUT2D eigenvalue weighted by atomic mass is 10.0. The average molecular weight is 349 g/mol. The van der Waals surface area contributed by atoms with Gasteiger partial charge in [-0.1, -0.05) is 43.4 Å². The Morgan fingerprint density at radius 3 is 1.88 bits per heavy atom. The molecule has 0 aromatic heterocycles. The van der Waals surface area contributed by atoms with Crippen molar-refractivity contribution < 1.29 is 14.3 Å². The van der Waals surface area contributed by atoms with Crippen LogP contribution >= 0.6 is 0 Å². The minimum atomic E-state index is -0.673. The van der Waals surface area contributed by atoms with Gasteiger partial charge in [-0.3, -0.25) is 4.79 Å². The topological polar surface area (TPSA) is 55.4 Å². The lowest BCUT2D eigenvalue weighted by Crippen LogP contribution is -2.45. The number of hydrogen-bond donors (Lipinski definition) is 1. The summed E-state index contributed by atoms with van der Waals surface area (Å²) in [4.78, 5) is 24.1. The molecule has 0 bridgehead atoms. The zero-order valence-corrected chi connectivity index (χ0v) is 15.5. The van der Waals surface area contributed by atoms with E-state index in [2.05, 4.69) is 17.2 Å². The second-order valence-electron chi connectivity index (χ2n) is 6.41. The maximum atomic E-state index is 12.3. The summed E-state index contributed by atoms with van der Waals surface area (Å²) in [7, 11) is 1.31. The zero-order chi connectivity index (χ0) is 19.1. The van der Waals surface area contributed by atoms with Crippen molar-refractivity contribution in [3.05, 3.63) is 70.8 Å². The fourth-order valence-corrected chi connectivity index (χ4v) is 2.34. The van der Waals surface area contributed by atoms with E-state index >= 15 is 0 Å². The predicted octanol–water partition coefficient (Wildman–Crippen LogP) is 3.32. The molecule has 134 valence electrons. The highest BCUT2D eigenvalue weighted by Gasteiger charge is 2.25. The maximum absolute atomic E-state index is 12.3. The molecule has 1 amide bonds. The largest absolute Gasteiger partial charge is 0.467 e. The van der Waals surface area contributed by atoms with Crippen LogP contribution in [0.25, 0.3) is 0 Å². The molecule has 0 aliphatic heterocycles. The number of benzene rings is 2. The van der Waals surface area contributed by atoms with Gasteiger partial charge in [0.05, 0.1) is 7.11 Å². The fourth-order valence-electron chi connectivity index (χ4n) is 2.34. The van der Waals surface area contributed by atoms with Gasteiger partial charge in [0.2, 0.25) is 0 Å². The third kappa shape index (κ3) is 5.22. The second-order valence-corrected chi connectivity index (χ2v) is 6.41. The molecule has 26 heavy (non-hydrogen) atoms. The van der Waals surface area contributed by atoms with Crippen molar-refractivity contribution in [2.45, 2.75) is 26.8 Å². The van der Waals surface area contributed by atoms with Gasteiger partial charge in [-0.25, -0.2) is 4.79 Å². The fraction of sp³-hybridized carbons (Fsp3) is 0.273. The summed E-state index contributed by atoms with van der Waals surface area (Å²) in [5.74, 6) is 5.35. The van der Waals surface area contributed by atoms with Gasteiger partial charge < -0.3 is 10.1 Å². The van der Waals surface area contributed by atoms with E-state index in [1.807, 2.05) is 45.0 Å². The summed E-state index contributed by atoms with van der Waals surface area (Å²) >= 11 is 0. The Bertz CT molecular complexity index is 824. The third-order valence-electron chi connectivity index (χ3n) is 3.96.